The van der Waals surface area contributed by atoms with Crippen LogP contribution >= 0.6 is 24.0 Å². The van der Waals surface area contributed by atoms with Crippen molar-refractivity contribution in [3.05, 3.63) is 23.0 Å². The summed E-state index contributed by atoms with van der Waals surface area (Å²) in [6.45, 7) is 2.86. The van der Waals surface area contributed by atoms with Gasteiger partial charge in [-0.2, -0.15) is 11.8 Å². The van der Waals surface area contributed by atoms with Gasteiger partial charge in [0.05, 0.1) is 12.1 Å². The normalized spacial score (nSPS) is 22.0. The topological polar surface area (TPSA) is 29.9 Å². The summed E-state index contributed by atoms with van der Waals surface area (Å²) in [6.07, 6.45) is 6.93. The van der Waals surface area contributed by atoms with Crippen LogP contribution in [0.2, 0.25) is 0 Å². The maximum atomic E-state index is 5.85. The van der Waals surface area contributed by atoms with E-state index in [1.807, 2.05) is 17.8 Å². The summed E-state index contributed by atoms with van der Waals surface area (Å²) in [5.74, 6) is 0.915. The average Bonchev–Trinajstić information content (AvgIpc) is 3.08. The molecule has 1 aliphatic carbocycles. The van der Waals surface area contributed by atoms with Crippen LogP contribution in [-0.4, -0.2) is 27.7 Å². The summed E-state index contributed by atoms with van der Waals surface area (Å²) in [5.41, 5.74) is 2.23. The van der Waals surface area contributed by atoms with Gasteiger partial charge < -0.3 is 14.3 Å². The van der Waals surface area contributed by atoms with E-state index in [-0.39, 0.29) is 0 Å². The fourth-order valence-corrected chi connectivity index (χ4v) is 4.32. The molecule has 0 bridgehead atoms. The van der Waals surface area contributed by atoms with Gasteiger partial charge in [-0.3, -0.25) is 0 Å². The number of hydrogen-bond acceptors (Lipinski definition) is 3. The number of ether oxygens (including phenoxy) is 1. The fourth-order valence-electron chi connectivity index (χ4n) is 3.18. The SMILES string of the molecule is CCCOc1cccc2c1[nH]c(=S)n2C1CCC(SC)C1. The van der Waals surface area contributed by atoms with Crippen LogP contribution in [0.25, 0.3) is 11.0 Å². The Balaban J connectivity index is 2.00. The average molecular weight is 322 g/mol. The molecule has 1 aromatic carbocycles. The van der Waals surface area contributed by atoms with Gasteiger partial charge >= 0.3 is 0 Å². The quantitative estimate of drug-likeness (QED) is 0.790. The molecule has 2 unspecified atom stereocenters. The van der Waals surface area contributed by atoms with Gasteiger partial charge in [0.2, 0.25) is 0 Å². The smallest absolute Gasteiger partial charge is 0.178 e. The number of H-pyrrole nitrogens is 1. The van der Waals surface area contributed by atoms with Crippen LogP contribution in [0, 0.1) is 4.77 Å². The van der Waals surface area contributed by atoms with Crippen molar-refractivity contribution < 1.29 is 4.74 Å². The summed E-state index contributed by atoms with van der Waals surface area (Å²) < 4.78 is 8.98. The van der Waals surface area contributed by atoms with E-state index in [1.165, 1.54) is 24.8 Å². The van der Waals surface area contributed by atoms with Crippen LogP contribution in [0.5, 0.6) is 5.75 Å². The van der Waals surface area contributed by atoms with Crippen LogP contribution in [0.15, 0.2) is 18.2 Å². The van der Waals surface area contributed by atoms with Crippen molar-refractivity contribution in [2.75, 3.05) is 12.9 Å². The largest absolute Gasteiger partial charge is 0.491 e. The van der Waals surface area contributed by atoms with Crippen LogP contribution in [0.4, 0.5) is 0 Å². The maximum absolute atomic E-state index is 5.85. The first kappa shape index (κ1) is 15.0. The van der Waals surface area contributed by atoms with Gasteiger partial charge in [0, 0.05) is 11.3 Å². The predicted octanol–water partition coefficient (Wildman–Crippen LogP) is 4.94. The molecule has 5 heteroatoms. The summed E-state index contributed by atoms with van der Waals surface area (Å²) in [5, 5.41) is 0.765. The number of benzene rings is 1. The number of rotatable bonds is 5. The number of aromatic nitrogens is 2. The molecular weight excluding hydrogens is 300 g/mol. The van der Waals surface area contributed by atoms with E-state index in [0.29, 0.717) is 6.04 Å². The lowest BCUT2D eigenvalue weighted by Crippen LogP contribution is -2.06. The molecule has 1 saturated carbocycles. The molecule has 1 fully saturated rings. The van der Waals surface area contributed by atoms with Crippen molar-refractivity contribution in [3.63, 3.8) is 0 Å². The number of fused-ring (bicyclic) bond motifs is 1. The number of imidazole rings is 1. The lowest BCUT2D eigenvalue weighted by atomic mass is 10.2. The highest BCUT2D eigenvalue weighted by Gasteiger charge is 2.27. The third-order valence-electron chi connectivity index (χ3n) is 4.23. The van der Waals surface area contributed by atoms with Crippen molar-refractivity contribution in [2.24, 2.45) is 0 Å². The molecule has 1 aromatic heterocycles. The Hall–Kier alpha value is -0.940. The first-order valence-corrected chi connectivity index (χ1v) is 9.33. The van der Waals surface area contributed by atoms with Crippen LogP contribution < -0.4 is 4.74 Å². The number of nitrogens with one attached hydrogen (secondary N) is 1. The first-order chi connectivity index (χ1) is 10.2. The van der Waals surface area contributed by atoms with E-state index in [9.17, 15) is 0 Å². The van der Waals surface area contributed by atoms with Gasteiger partial charge in [-0.05, 0) is 56.3 Å². The Morgan fingerprint density at radius 1 is 1.43 bits per heavy atom. The van der Waals surface area contributed by atoms with E-state index in [2.05, 4.69) is 34.9 Å². The molecule has 0 aliphatic heterocycles. The Bertz CT molecular complexity index is 676. The summed E-state index contributed by atoms with van der Waals surface area (Å²) in [7, 11) is 0. The van der Waals surface area contributed by atoms with Crippen molar-refractivity contribution in [1.82, 2.24) is 9.55 Å². The third-order valence-corrected chi connectivity index (χ3v) is 5.63. The van der Waals surface area contributed by atoms with Crippen molar-refractivity contribution in [1.29, 1.82) is 0 Å². The summed E-state index contributed by atoms with van der Waals surface area (Å²) >= 11 is 7.56. The van der Waals surface area contributed by atoms with Gasteiger partial charge in [-0.25, -0.2) is 0 Å². The second kappa shape index (κ2) is 6.44. The highest BCUT2D eigenvalue weighted by molar-refractivity contribution is 7.99. The highest BCUT2D eigenvalue weighted by atomic mass is 32.2. The second-order valence-electron chi connectivity index (χ2n) is 5.62. The van der Waals surface area contributed by atoms with Gasteiger partial charge in [0.25, 0.3) is 0 Å². The zero-order valence-electron chi connectivity index (χ0n) is 12.6. The third kappa shape index (κ3) is 2.86. The molecule has 0 radical (unpaired) electrons. The first-order valence-electron chi connectivity index (χ1n) is 7.63. The van der Waals surface area contributed by atoms with Crippen molar-refractivity contribution in [3.8, 4) is 5.75 Å². The number of hydrogen-bond donors (Lipinski definition) is 1. The lowest BCUT2D eigenvalue weighted by Gasteiger charge is -2.14. The van der Waals surface area contributed by atoms with Gasteiger partial charge in [0.1, 0.15) is 11.3 Å². The molecule has 1 aliphatic rings. The summed E-state index contributed by atoms with van der Waals surface area (Å²) in [4.78, 5) is 3.36. The molecule has 21 heavy (non-hydrogen) atoms. The van der Waals surface area contributed by atoms with E-state index in [0.717, 1.165) is 34.3 Å². The van der Waals surface area contributed by atoms with Gasteiger partial charge in [-0.1, -0.05) is 13.0 Å². The van der Waals surface area contributed by atoms with Crippen LogP contribution in [0.1, 0.15) is 38.6 Å². The highest BCUT2D eigenvalue weighted by Crippen LogP contribution is 2.38. The number of aromatic amines is 1. The minimum atomic E-state index is 0.519. The van der Waals surface area contributed by atoms with Crippen LogP contribution in [-0.2, 0) is 0 Å². The fraction of sp³-hybridized carbons (Fsp3) is 0.562. The Kier molecular flexibility index (Phi) is 4.60. The minimum Gasteiger partial charge on any atom is -0.491 e. The number of nitrogens with zero attached hydrogens (tertiary/aromatic N) is 1. The summed E-state index contributed by atoms with van der Waals surface area (Å²) in [6, 6.07) is 6.75. The monoisotopic (exact) mass is 322 g/mol. The zero-order chi connectivity index (χ0) is 14.8. The predicted molar refractivity (Wildman–Crippen MR) is 93.1 cm³/mol. The molecule has 2 atom stereocenters. The molecule has 1 heterocycles. The minimum absolute atomic E-state index is 0.519. The molecule has 0 amide bonds. The van der Waals surface area contributed by atoms with E-state index in [4.69, 9.17) is 17.0 Å². The Morgan fingerprint density at radius 2 is 2.29 bits per heavy atom. The molecule has 114 valence electrons. The number of thioether (sulfide) groups is 1. The molecule has 3 rings (SSSR count). The van der Waals surface area contributed by atoms with Gasteiger partial charge in [-0.15, -0.1) is 0 Å². The second-order valence-corrected chi connectivity index (χ2v) is 7.15. The van der Waals surface area contributed by atoms with Crippen LogP contribution in [0.3, 0.4) is 0 Å². The Morgan fingerprint density at radius 3 is 3.00 bits per heavy atom. The maximum Gasteiger partial charge on any atom is 0.178 e. The molecule has 1 N–H and O–H groups in total. The Labute approximate surface area is 135 Å². The molecule has 2 aromatic rings. The van der Waals surface area contributed by atoms with E-state index >= 15 is 0 Å². The van der Waals surface area contributed by atoms with E-state index in [1.54, 1.807) is 0 Å². The zero-order valence-corrected chi connectivity index (χ0v) is 14.2. The van der Waals surface area contributed by atoms with Crippen molar-refractivity contribution >= 4 is 35.0 Å². The van der Waals surface area contributed by atoms with Crippen molar-refractivity contribution in [2.45, 2.75) is 43.9 Å². The molecule has 0 spiro atoms. The molecule has 3 nitrogen and oxygen atoms in total. The van der Waals surface area contributed by atoms with Gasteiger partial charge in [0.15, 0.2) is 4.77 Å². The molecular formula is C16H22N2OS2. The number of para-hydroxylation sites is 1. The van der Waals surface area contributed by atoms with E-state index < -0.39 is 0 Å². The lowest BCUT2D eigenvalue weighted by molar-refractivity contribution is 0.320. The molecule has 0 saturated heterocycles. The standard InChI is InChI=1S/C16H22N2OS2/c1-3-9-19-14-6-4-5-13-15(14)17-16(20)18(13)11-7-8-12(10-11)21-2/h4-6,11-12H,3,7-10H2,1-2H3,(H,17,20).